The summed E-state index contributed by atoms with van der Waals surface area (Å²) in [6, 6.07) is 0.720. The van der Waals surface area contributed by atoms with Crippen LogP contribution in [-0.4, -0.2) is 87.6 Å². The van der Waals surface area contributed by atoms with Crippen molar-refractivity contribution in [3.8, 4) is 0 Å². The number of imidazole rings is 1. The lowest BCUT2D eigenvalue weighted by Gasteiger charge is -2.40. The second kappa shape index (κ2) is 13.6. The Balaban J connectivity index is 1.37. The molecule has 17 nitrogen and oxygen atoms in total. The number of nitrogen functional groups attached to an aromatic ring is 1. The molecule has 0 aromatic carbocycles. The SMILES string of the molecule is CC(C)(C)[Si](C)(C)OC1[C@H]2OP(=O)(S)OC[C@H]3C[C@@H](Nc4ccncn4)[C@@H](F)[C@@H]3OP(=O)(S)OC[C@H]1O[C@H]2n1cnc2c(=O)[nH]c(N)nc21. The van der Waals surface area contributed by atoms with Gasteiger partial charge in [0.25, 0.3) is 5.56 Å². The van der Waals surface area contributed by atoms with Crippen molar-refractivity contribution in [1.82, 2.24) is 29.5 Å². The highest BCUT2D eigenvalue weighted by molar-refractivity contribution is 8.44. The molecular formula is C26H39FN8O9P2S2Si. The zero-order chi connectivity index (χ0) is 35.5. The summed E-state index contributed by atoms with van der Waals surface area (Å²) in [5.41, 5.74) is 5.27. The first-order chi connectivity index (χ1) is 22.8. The van der Waals surface area contributed by atoms with E-state index >= 15 is 4.39 Å². The van der Waals surface area contributed by atoms with Gasteiger partial charge in [-0.05, 0) is 30.6 Å². The Morgan fingerprint density at radius 1 is 1.14 bits per heavy atom. The van der Waals surface area contributed by atoms with Gasteiger partial charge in [-0.2, -0.15) is 4.98 Å². The van der Waals surface area contributed by atoms with E-state index < -0.39 is 82.9 Å². The van der Waals surface area contributed by atoms with Crippen LogP contribution in [-0.2, 0) is 36.4 Å². The Hall–Kier alpha value is -1.90. The number of halogens is 1. The predicted octanol–water partition coefficient (Wildman–Crippen LogP) is 4.51. The highest BCUT2D eigenvalue weighted by atomic mass is 32.7. The van der Waals surface area contributed by atoms with E-state index in [2.05, 4.69) is 54.7 Å². The third-order valence-electron chi connectivity index (χ3n) is 9.25. The van der Waals surface area contributed by atoms with Crippen LogP contribution in [0.3, 0.4) is 0 Å². The molecule has 3 aliphatic rings. The molecule has 4 N–H and O–H groups in total. The third-order valence-corrected chi connectivity index (χ3v) is 16.9. The summed E-state index contributed by atoms with van der Waals surface area (Å²) in [6.07, 6.45) is -3.33. The fourth-order valence-corrected chi connectivity index (χ4v) is 10.1. The molecule has 10 atom stereocenters. The maximum absolute atomic E-state index is 16.0. The molecule has 3 aromatic heterocycles. The standard InChI is InChI=1S/C26H39FN8O9P2S2Si/c1-26(2,3)49(4,5)44-20-15-10-40-46(38,48)42-19-13(8-14(17(19)27)32-16-6-7-29-11-30-16)9-39-45(37,47)43-21(20)24(41-15)35-12-31-18-22(35)33-25(28)34-23(18)36/h6-7,11-15,17,19-21,24H,8-10H2,1-5H3,(H,37,47)(H,38,48)(H,29,30,32)(H3,28,33,34,36)/t13-,14-,15-,17-,19-,20?,21-,24-,45?,46?/m1/s1. The Morgan fingerprint density at radius 2 is 1.84 bits per heavy atom. The Kier molecular flexibility index (Phi) is 10.2. The molecule has 3 fully saturated rings. The van der Waals surface area contributed by atoms with Crippen molar-refractivity contribution in [3.05, 3.63) is 35.3 Å². The van der Waals surface area contributed by atoms with E-state index in [0.717, 1.165) is 0 Å². The molecule has 23 heteroatoms. The third kappa shape index (κ3) is 7.82. The van der Waals surface area contributed by atoms with Gasteiger partial charge in [-0.3, -0.25) is 27.9 Å². The molecule has 270 valence electrons. The topological polar surface area (TPSA) is 217 Å². The smallest absolute Gasteiger partial charge is 0.386 e. The lowest BCUT2D eigenvalue weighted by Crippen LogP contribution is -2.50. The molecule has 2 aliphatic heterocycles. The van der Waals surface area contributed by atoms with Gasteiger partial charge >= 0.3 is 13.6 Å². The summed E-state index contributed by atoms with van der Waals surface area (Å²) in [5, 5.41) is 2.69. The van der Waals surface area contributed by atoms with E-state index in [1.54, 1.807) is 6.07 Å². The number of rotatable bonds is 5. The molecule has 0 amide bonds. The first-order valence-corrected chi connectivity index (χ1v) is 23.7. The van der Waals surface area contributed by atoms with Gasteiger partial charge < -0.3 is 24.7 Å². The fraction of sp³-hybridized carbons (Fsp3) is 0.654. The van der Waals surface area contributed by atoms with E-state index in [1.165, 1.54) is 23.4 Å². The lowest BCUT2D eigenvalue weighted by molar-refractivity contribution is -0.0493. The first-order valence-electron chi connectivity index (χ1n) is 15.4. The van der Waals surface area contributed by atoms with Crippen molar-refractivity contribution in [3.63, 3.8) is 0 Å². The van der Waals surface area contributed by atoms with Crippen LogP contribution in [0, 0.1) is 5.92 Å². The zero-order valence-electron chi connectivity index (χ0n) is 27.2. The van der Waals surface area contributed by atoms with Crippen molar-refractivity contribution in [1.29, 1.82) is 0 Å². The molecule has 0 radical (unpaired) electrons. The summed E-state index contributed by atoms with van der Waals surface area (Å²) in [4.78, 5) is 31.4. The van der Waals surface area contributed by atoms with E-state index in [-0.39, 0.29) is 35.2 Å². The molecule has 2 saturated heterocycles. The van der Waals surface area contributed by atoms with Crippen LogP contribution in [0.1, 0.15) is 33.4 Å². The minimum absolute atomic E-state index is 0.0377. The van der Waals surface area contributed by atoms with E-state index in [9.17, 15) is 13.9 Å². The van der Waals surface area contributed by atoms with Crippen LogP contribution >= 0.6 is 38.1 Å². The van der Waals surface area contributed by atoms with Gasteiger partial charge in [0, 0.05) is 12.1 Å². The summed E-state index contributed by atoms with van der Waals surface area (Å²) >= 11 is 8.50. The molecule has 49 heavy (non-hydrogen) atoms. The van der Waals surface area contributed by atoms with Gasteiger partial charge in [0.15, 0.2) is 25.7 Å². The van der Waals surface area contributed by atoms with Crippen LogP contribution < -0.4 is 16.6 Å². The highest BCUT2D eigenvalue weighted by Gasteiger charge is 2.55. The number of alkyl halides is 1. The largest absolute Gasteiger partial charge is 0.408 e. The van der Waals surface area contributed by atoms with E-state index in [0.29, 0.717) is 5.82 Å². The first kappa shape index (κ1) is 36.9. The predicted molar refractivity (Wildman–Crippen MR) is 186 cm³/mol. The number of aromatic amines is 1. The van der Waals surface area contributed by atoms with Crippen LogP contribution in [0.15, 0.2) is 29.7 Å². The molecular weight excluding hydrogens is 741 g/mol. The van der Waals surface area contributed by atoms with Gasteiger partial charge in [0.1, 0.15) is 42.7 Å². The van der Waals surface area contributed by atoms with Gasteiger partial charge in [-0.15, -0.1) is 0 Å². The van der Waals surface area contributed by atoms with Gasteiger partial charge in [0.05, 0.1) is 25.6 Å². The number of hydrogen-bond acceptors (Lipinski definition) is 15. The number of thiol groups is 2. The summed E-state index contributed by atoms with van der Waals surface area (Å²) < 4.78 is 81.8. The number of anilines is 2. The Bertz CT molecular complexity index is 1840. The van der Waals surface area contributed by atoms with E-state index in [1.807, 2.05) is 33.9 Å². The molecule has 6 rings (SSSR count). The van der Waals surface area contributed by atoms with Crippen molar-refractivity contribution < 1.29 is 40.8 Å². The second-order valence-electron chi connectivity index (χ2n) is 13.6. The number of nitrogens with one attached hydrogen (secondary N) is 2. The van der Waals surface area contributed by atoms with Crippen LogP contribution in [0.4, 0.5) is 16.2 Å². The average molecular weight is 781 g/mol. The lowest BCUT2D eigenvalue weighted by atomic mass is 10.1. The molecule has 5 heterocycles. The molecule has 1 aliphatic carbocycles. The number of fused-ring (bicyclic) bond motifs is 4. The Labute approximate surface area is 292 Å². The minimum Gasteiger partial charge on any atom is -0.408 e. The van der Waals surface area contributed by atoms with Gasteiger partial charge in [-0.25, -0.2) is 28.5 Å². The minimum atomic E-state index is -4.29. The normalized spacial score (nSPS) is 36.1. The summed E-state index contributed by atoms with van der Waals surface area (Å²) in [6.45, 7) is 0.721. The fourth-order valence-electron chi connectivity index (χ4n) is 5.78. The maximum Gasteiger partial charge on any atom is 0.386 e. The van der Waals surface area contributed by atoms with Crippen molar-refractivity contribution in [2.75, 3.05) is 24.3 Å². The zero-order valence-corrected chi connectivity index (χ0v) is 31.8. The molecule has 0 spiro atoms. The highest BCUT2D eigenvalue weighted by Crippen LogP contribution is 2.61. The number of nitrogens with two attached hydrogens (primary N) is 1. The quantitative estimate of drug-likeness (QED) is 0.137. The van der Waals surface area contributed by atoms with Gasteiger partial charge in [0.2, 0.25) is 5.95 Å². The number of aromatic nitrogens is 6. The molecule has 2 bridgehead atoms. The maximum atomic E-state index is 16.0. The van der Waals surface area contributed by atoms with Crippen molar-refractivity contribution in [2.45, 2.75) is 88.2 Å². The second-order valence-corrected chi connectivity index (χ2v) is 24.1. The van der Waals surface area contributed by atoms with Crippen LogP contribution in [0.5, 0.6) is 0 Å². The van der Waals surface area contributed by atoms with Gasteiger partial charge in [-0.1, -0.05) is 45.3 Å². The number of H-pyrrole nitrogens is 1. The molecule has 1 saturated carbocycles. The molecule has 3 aromatic rings. The van der Waals surface area contributed by atoms with Crippen LogP contribution in [0.25, 0.3) is 11.2 Å². The molecule has 3 unspecified atom stereocenters. The summed E-state index contributed by atoms with van der Waals surface area (Å²) in [5.74, 6) is -0.598. The monoisotopic (exact) mass is 780 g/mol. The summed E-state index contributed by atoms with van der Waals surface area (Å²) in [7, 11) is -2.64. The number of ether oxygens (including phenoxy) is 1. The van der Waals surface area contributed by atoms with Crippen molar-refractivity contribution >= 4 is 69.3 Å². The van der Waals surface area contributed by atoms with Crippen molar-refractivity contribution in [2.24, 2.45) is 5.92 Å². The number of nitrogens with zero attached hydrogens (tertiary/aromatic N) is 5. The average Bonchev–Trinajstić information content (AvgIpc) is 3.65. The number of hydrogen-bond donors (Lipinski definition) is 5. The van der Waals surface area contributed by atoms with Crippen LogP contribution in [0.2, 0.25) is 18.1 Å². The van der Waals surface area contributed by atoms with E-state index in [4.69, 9.17) is 33.0 Å². The Morgan fingerprint density at radius 3 is 2.51 bits per heavy atom.